The van der Waals surface area contributed by atoms with E-state index in [2.05, 4.69) is 25.7 Å². The number of nitrogens with one attached hydrogen (secondary N) is 2. The fourth-order valence-corrected chi connectivity index (χ4v) is 2.45. The lowest BCUT2D eigenvalue weighted by Gasteiger charge is -2.23. The van der Waals surface area contributed by atoms with Crippen LogP contribution in [0.1, 0.15) is 12.6 Å². The summed E-state index contributed by atoms with van der Waals surface area (Å²) in [5, 5.41) is 10.2. The molecular weight excluding hydrogens is 296 g/mol. The fourth-order valence-electron chi connectivity index (χ4n) is 2.45. The van der Waals surface area contributed by atoms with Gasteiger partial charge in [-0.15, -0.1) is 0 Å². The number of nitrogens with zero attached hydrogens (tertiary/aromatic N) is 4. The van der Waals surface area contributed by atoms with Crippen LogP contribution in [-0.2, 0) is 4.79 Å². The summed E-state index contributed by atoms with van der Waals surface area (Å²) in [6.45, 7) is 3.60. The maximum absolute atomic E-state index is 11.7. The predicted octanol–water partition coefficient (Wildman–Crippen LogP) is 1.90. The number of rotatable bonds is 2. The van der Waals surface area contributed by atoms with E-state index in [-0.39, 0.29) is 5.91 Å². The van der Waals surface area contributed by atoms with Crippen molar-refractivity contribution in [1.29, 1.82) is 0 Å². The summed E-state index contributed by atoms with van der Waals surface area (Å²) in [4.78, 5) is 20.1. The molecule has 2 aromatic heterocycles. The molecule has 23 heavy (non-hydrogen) atoms. The van der Waals surface area contributed by atoms with Crippen LogP contribution < -0.4 is 15.4 Å². The highest BCUT2D eigenvalue weighted by molar-refractivity contribution is 5.98. The largest absolute Gasteiger partial charge is 0.479 e. The van der Waals surface area contributed by atoms with E-state index in [4.69, 9.17) is 4.74 Å². The zero-order valence-corrected chi connectivity index (χ0v) is 12.6. The maximum atomic E-state index is 11.7. The molecule has 116 valence electrons. The lowest BCUT2D eigenvalue weighted by atomic mass is 10.2. The van der Waals surface area contributed by atoms with Gasteiger partial charge < -0.3 is 15.4 Å². The van der Waals surface area contributed by atoms with E-state index in [1.807, 2.05) is 31.2 Å². The summed E-state index contributed by atoms with van der Waals surface area (Å²) in [5.74, 6) is 1.75. The summed E-state index contributed by atoms with van der Waals surface area (Å²) in [5.41, 5.74) is 2.26. The highest BCUT2D eigenvalue weighted by Gasteiger charge is 2.23. The summed E-state index contributed by atoms with van der Waals surface area (Å²) in [7, 11) is 0. The molecule has 0 radical (unpaired) electrons. The molecule has 1 aromatic carbocycles. The number of carbonyl (C=O) groups is 1. The minimum Gasteiger partial charge on any atom is -0.479 e. The van der Waals surface area contributed by atoms with E-state index in [9.17, 15) is 4.79 Å². The summed E-state index contributed by atoms with van der Waals surface area (Å²) in [6, 6.07) is 7.39. The fraction of sp³-hybridized carbons (Fsp3) is 0.200. The third-order valence-electron chi connectivity index (χ3n) is 3.56. The van der Waals surface area contributed by atoms with Gasteiger partial charge in [-0.3, -0.25) is 4.79 Å². The Kier molecular flexibility index (Phi) is 2.90. The van der Waals surface area contributed by atoms with E-state index in [1.54, 1.807) is 11.4 Å². The molecule has 0 saturated heterocycles. The Morgan fingerprint density at radius 3 is 3.09 bits per heavy atom. The molecule has 1 atom stereocenters. The third kappa shape index (κ3) is 2.33. The molecule has 3 heterocycles. The standard InChI is InChI=1S/C15H14N6O2/c1-8-5-13(21-15(18-8)16-7-17-21)19-10-3-4-12-11(6-10)20-14(22)9(2)23-12/h3-7,9,19H,1-2H3,(H,20,22). The Bertz CT molecular complexity index is 919. The van der Waals surface area contributed by atoms with Crippen LogP contribution in [0.4, 0.5) is 17.2 Å². The van der Waals surface area contributed by atoms with Gasteiger partial charge in [0.25, 0.3) is 11.7 Å². The number of hydrogen-bond acceptors (Lipinski definition) is 6. The topological polar surface area (TPSA) is 93.4 Å². The molecule has 0 fully saturated rings. The van der Waals surface area contributed by atoms with E-state index >= 15 is 0 Å². The van der Waals surface area contributed by atoms with Crippen LogP contribution in [0.3, 0.4) is 0 Å². The minimum absolute atomic E-state index is 0.159. The Morgan fingerprint density at radius 1 is 1.35 bits per heavy atom. The number of fused-ring (bicyclic) bond motifs is 2. The van der Waals surface area contributed by atoms with Gasteiger partial charge in [-0.1, -0.05) is 0 Å². The van der Waals surface area contributed by atoms with Crippen LogP contribution in [0.2, 0.25) is 0 Å². The third-order valence-corrected chi connectivity index (χ3v) is 3.56. The van der Waals surface area contributed by atoms with Gasteiger partial charge >= 0.3 is 0 Å². The van der Waals surface area contributed by atoms with Gasteiger partial charge in [0.15, 0.2) is 6.10 Å². The monoisotopic (exact) mass is 310 g/mol. The molecule has 3 aromatic rings. The first kappa shape index (κ1) is 13.5. The van der Waals surface area contributed by atoms with Crippen molar-refractivity contribution in [3.05, 3.63) is 36.3 Å². The molecule has 0 bridgehead atoms. The number of benzene rings is 1. The predicted molar refractivity (Wildman–Crippen MR) is 84.0 cm³/mol. The molecule has 1 aliphatic rings. The number of anilines is 3. The van der Waals surface area contributed by atoms with Crippen molar-refractivity contribution >= 4 is 28.9 Å². The highest BCUT2D eigenvalue weighted by Crippen LogP contribution is 2.33. The van der Waals surface area contributed by atoms with Crippen LogP contribution in [-0.4, -0.2) is 31.6 Å². The van der Waals surface area contributed by atoms with E-state index in [0.29, 0.717) is 17.2 Å². The van der Waals surface area contributed by atoms with Gasteiger partial charge in [-0.2, -0.15) is 14.6 Å². The number of amides is 1. The number of carbonyl (C=O) groups excluding carboxylic acids is 1. The molecule has 1 aliphatic heterocycles. The van der Waals surface area contributed by atoms with Crippen LogP contribution >= 0.6 is 0 Å². The van der Waals surface area contributed by atoms with Crippen molar-refractivity contribution in [2.45, 2.75) is 20.0 Å². The maximum Gasteiger partial charge on any atom is 0.265 e. The van der Waals surface area contributed by atoms with Crippen molar-refractivity contribution in [3.8, 4) is 5.75 Å². The van der Waals surface area contributed by atoms with Crippen LogP contribution in [0.15, 0.2) is 30.6 Å². The first-order valence-electron chi connectivity index (χ1n) is 7.16. The van der Waals surface area contributed by atoms with Crippen molar-refractivity contribution in [2.75, 3.05) is 10.6 Å². The molecule has 0 spiro atoms. The number of ether oxygens (including phenoxy) is 1. The van der Waals surface area contributed by atoms with Gasteiger partial charge in [0.05, 0.1) is 5.69 Å². The van der Waals surface area contributed by atoms with Gasteiger partial charge in [0, 0.05) is 17.4 Å². The summed E-state index contributed by atoms with van der Waals surface area (Å²) >= 11 is 0. The highest BCUT2D eigenvalue weighted by atomic mass is 16.5. The number of aryl methyl sites for hydroxylation is 1. The smallest absolute Gasteiger partial charge is 0.265 e. The Morgan fingerprint density at radius 2 is 2.22 bits per heavy atom. The Hall–Kier alpha value is -3.16. The second-order valence-corrected chi connectivity index (χ2v) is 5.34. The first-order valence-corrected chi connectivity index (χ1v) is 7.16. The molecule has 4 rings (SSSR count). The normalized spacial score (nSPS) is 16.6. The van der Waals surface area contributed by atoms with Gasteiger partial charge in [-0.25, -0.2) is 4.98 Å². The minimum atomic E-state index is -0.487. The van der Waals surface area contributed by atoms with Gasteiger partial charge in [0.2, 0.25) is 0 Å². The van der Waals surface area contributed by atoms with Crippen molar-refractivity contribution < 1.29 is 9.53 Å². The Labute approximate surface area is 131 Å². The molecule has 8 nitrogen and oxygen atoms in total. The van der Waals surface area contributed by atoms with Gasteiger partial charge in [0.1, 0.15) is 17.9 Å². The lowest BCUT2D eigenvalue weighted by Crippen LogP contribution is -2.34. The van der Waals surface area contributed by atoms with Crippen LogP contribution in [0, 0.1) is 6.92 Å². The number of hydrogen-bond donors (Lipinski definition) is 2. The van der Waals surface area contributed by atoms with Crippen molar-refractivity contribution in [1.82, 2.24) is 19.6 Å². The van der Waals surface area contributed by atoms with Gasteiger partial charge in [-0.05, 0) is 32.0 Å². The molecular formula is C15H14N6O2. The second-order valence-electron chi connectivity index (χ2n) is 5.34. The molecule has 0 aliphatic carbocycles. The molecule has 1 unspecified atom stereocenters. The zero-order valence-electron chi connectivity index (χ0n) is 12.6. The zero-order chi connectivity index (χ0) is 16.0. The quantitative estimate of drug-likeness (QED) is 0.751. The second kappa shape index (κ2) is 4.94. The SMILES string of the molecule is Cc1cc(Nc2ccc3c(c2)NC(=O)C(C)O3)n2ncnc2n1. The summed E-state index contributed by atoms with van der Waals surface area (Å²) in [6.07, 6.45) is 0.967. The average Bonchev–Trinajstić information content (AvgIpc) is 2.97. The van der Waals surface area contributed by atoms with E-state index in [1.165, 1.54) is 6.33 Å². The molecule has 1 amide bonds. The van der Waals surface area contributed by atoms with E-state index in [0.717, 1.165) is 17.2 Å². The van der Waals surface area contributed by atoms with E-state index < -0.39 is 6.10 Å². The lowest BCUT2D eigenvalue weighted by molar-refractivity contribution is -0.122. The molecule has 8 heteroatoms. The first-order chi connectivity index (χ1) is 11.1. The summed E-state index contributed by atoms with van der Waals surface area (Å²) < 4.78 is 7.16. The van der Waals surface area contributed by atoms with Crippen molar-refractivity contribution in [2.24, 2.45) is 0 Å². The average molecular weight is 310 g/mol. The Balaban J connectivity index is 1.70. The van der Waals surface area contributed by atoms with Crippen molar-refractivity contribution in [3.63, 3.8) is 0 Å². The number of aromatic nitrogens is 4. The van der Waals surface area contributed by atoms with Crippen LogP contribution in [0.5, 0.6) is 5.75 Å². The molecule has 0 saturated carbocycles. The molecule has 2 N–H and O–H groups in total. The van der Waals surface area contributed by atoms with Crippen LogP contribution in [0.25, 0.3) is 5.78 Å².